The highest BCUT2D eigenvalue weighted by Gasteiger charge is 2.45. The number of thiazole rings is 6. The van der Waals surface area contributed by atoms with Crippen LogP contribution in [0.4, 0.5) is 0 Å². The Kier molecular flexibility index (Phi) is 15.4. The third-order valence-electron chi connectivity index (χ3n) is 13.5. The topological polar surface area (TPSA) is 345 Å². The second-order valence-electron chi connectivity index (χ2n) is 18.9. The fraction of sp³-hybridized carbons (Fsp3) is 0.226. The molecule has 81 heavy (non-hydrogen) atoms. The lowest BCUT2D eigenvalue weighted by Crippen LogP contribution is -2.50. The van der Waals surface area contributed by atoms with Crippen LogP contribution < -0.4 is 27.4 Å². The summed E-state index contributed by atoms with van der Waals surface area (Å²) in [6, 6.07) is 13.8. The van der Waals surface area contributed by atoms with E-state index >= 15 is 4.79 Å². The number of nitrogens with two attached hydrogens (primary N) is 2. The highest BCUT2D eigenvalue weighted by atomic mass is 32.1. The van der Waals surface area contributed by atoms with E-state index in [0.29, 0.717) is 64.4 Å². The van der Waals surface area contributed by atoms with Crippen molar-refractivity contribution in [3.8, 4) is 49.1 Å². The van der Waals surface area contributed by atoms with Gasteiger partial charge < -0.3 is 47.6 Å². The van der Waals surface area contributed by atoms with Gasteiger partial charge in [-0.25, -0.2) is 34.9 Å². The number of phenolic OH excluding ortho intramolecular Hbond substituents is 1. The number of hydrogen-bond donors (Lipinski definition) is 8. The molecule has 2 aliphatic heterocycles. The number of aryl methyl sites for hydroxylation is 1. The molecule has 0 aliphatic carbocycles. The number of aromatic hydroxyl groups is 1. The molecular formula is C53H45N13O9S6. The van der Waals surface area contributed by atoms with Crippen molar-refractivity contribution in [3.05, 3.63) is 147 Å². The van der Waals surface area contributed by atoms with E-state index in [1.54, 1.807) is 72.3 Å². The number of aromatic nitrogens is 7. The highest BCUT2D eigenvalue weighted by molar-refractivity contribution is 7.15. The van der Waals surface area contributed by atoms with Crippen LogP contribution in [0.3, 0.4) is 0 Å². The first-order valence-corrected chi connectivity index (χ1v) is 29.9. The number of amides is 6. The molecule has 10 bridgehead atoms. The quantitative estimate of drug-likeness (QED) is 0.0817. The summed E-state index contributed by atoms with van der Waals surface area (Å²) in [5.41, 5.74) is 14.2. The zero-order valence-electron chi connectivity index (χ0n) is 42.4. The molecule has 9 heterocycles. The van der Waals surface area contributed by atoms with Crippen LogP contribution in [0.25, 0.3) is 43.4 Å². The Bertz CT molecular complexity index is 3890. The van der Waals surface area contributed by atoms with Gasteiger partial charge in [-0.1, -0.05) is 49.4 Å². The Balaban J connectivity index is 1.02. The number of aliphatic hydroxyl groups excluding tert-OH is 2. The largest absolute Gasteiger partial charge is 0.508 e. The maximum atomic E-state index is 15.1. The smallest absolute Gasteiger partial charge is 0.271 e. The fourth-order valence-electron chi connectivity index (χ4n) is 9.31. The number of carbonyl (C=O) groups is 6. The Morgan fingerprint density at radius 1 is 0.667 bits per heavy atom. The number of fused-ring (bicyclic) bond motifs is 16. The normalized spacial score (nSPS) is 20.0. The van der Waals surface area contributed by atoms with Gasteiger partial charge in [0.25, 0.3) is 23.6 Å². The molecule has 0 radical (unpaired) electrons. The number of hydrogen-bond acceptors (Lipinski definition) is 22. The third kappa shape index (κ3) is 11.4. The number of pyridine rings is 1. The van der Waals surface area contributed by atoms with E-state index in [1.165, 1.54) is 67.2 Å². The first kappa shape index (κ1) is 54.8. The summed E-state index contributed by atoms with van der Waals surface area (Å²) >= 11 is 6.89. The molecule has 412 valence electrons. The first-order valence-electron chi connectivity index (χ1n) is 24.7. The van der Waals surface area contributed by atoms with Crippen molar-refractivity contribution < 1.29 is 44.1 Å². The zero-order valence-corrected chi connectivity index (χ0v) is 47.3. The van der Waals surface area contributed by atoms with Crippen LogP contribution in [0.1, 0.15) is 111 Å². The van der Waals surface area contributed by atoms with Gasteiger partial charge in [0.15, 0.2) is 0 Å². The number of nitrogens with zero attached hydrogens (tertiary/aromatic N) is 8. The highest BCUT2D eigenvalue weighted by Crippen LogP contribution is 2.43. The predicted molar refractivity (Wildman–Crippen MR) is 304 cm³/mol. The number of primary amides is 2. The summed E-state index contributed by atoms with van der Waals surface area (Å²) in [6.45, 7) is 3.36. The number of phenols is 1. The summed E-state index contributed by atoms with van der Waals surface area (Å²) in [4.78, 5) is 118. The Morgan fingerprint density at radius 2 is 1.31 bits per heavy atom. The zero-order chi connectivity index (χ0) is 56.8. The molecule has 0 spiro atoms. The van der Waals surface area contributed by atoms with Crippen LogP contribution in [0, 0.1) is 12.8 Å². The standard InChI is InChI=1S/C53H45N13O9S6/c1-22-36(68)16-66-41(22)52-63-35(21-80-52)49-59-31(17-77-49)39-27(12-13-28(56-39)48-60-32(18-78-48)43(55)71)47-61-33(19-76-47)44(72)57-29(15-37(54)69)50-65-38(23(2)81-50)46(74)64-40(42(70)25-6-4-3-5-7-25)51-62-34(20-79-51)45(73)58-30(53(66)75)14-24-8-10-26(67)11-9-24/h3-13,17-22,29-30,36,40-42,67-68,70H,14-16H2,1-2H3,(H2,54,69)(H2,55,71)(H,57,72)(H,58,73)(H,64,74)/t22-,29-,30-,36?,40-,41-,42+/m0/s1. The molecule has 7 atom stereocenters. The van der Waals surface area contributed by atoms with Crippen LogP contribution in [0.15, 0.2) is 93.6 Å². The van der Waals surface area contributed by atoms with E-state index < -0.39 is 84.2 Å². The fourth-order valence-corrected chi connectivity index (χ4v) is 14.6. The number of nitrogens with one attached hydrogen (secondary N) is 3. The van der Waals surface area contributed by atoms with Crippen molar-refractivity contribution in [1.82, 2.24) is 55.7 Å². The van der Waals surface area contributed by atoms with E-state index in [1.807, 2.05) is 6.92 Å². The number of benzene rings is 2. The maximum absolute atomic E-state index is 15.1. The van der Waals surface area contributed by atoms with Crippen LogP contribution >= 0.6 is 68.0 Å². The van der Waals surface area contributed by atoms with Gasteiger partial charge in [0.05, 0.1) is 30.3 Å². The van der Waals surface area contributed by atoms with Crippen molar-refractivity contribution >= 4 is 103 Å². The molecule has 1 saturated heterocycles. The Hall–Kier alpha value is -8.09. The van der Waals surface area contributed by atoms with Gasteiger partial charge in [-0.15, -0.1) is 68.0 Å². The Morgan fingerprint density at radius 3 is 2.05 bits per heavy atom. The molecule has 1 unspecified atom stereocenters. The molecule has 2 aliphatic rings. The molecule has 28 heteroatoms. The van der Waals surface area contributed by atoms with E-state index in [-0.39, 0.29) is 51.5 Å². The van der Waals surface area contributed by atoms with Crippen LogP contribution in [-0.2, 0) is 16.0 Å². The summed E-state index contributed by atoms with van der Waals surface area (Å²) in [5, 5.41) is 52.2. The molecule has 6 amide bonds. The molecule has 10 N–H and O–H groups in total. The average Bonchev–Trinajstić information content (AvgIpc) is 4.47. The van der Waals surface area contributed by atoms with Gasteiger partial charge in [-0.2, -0.15) is 0 Å². The predicted octanol–water partition coefficient (Wildman–Crippen LogP) is 6.39. The monoisotopic (exact) mass is 1200 g/mol. The molecule has 22 nitrogen and oxygen atoms in total. The van der Waals surface area contributed by atoms with Gasteiger partial charge in [-0.3, -0.25) is 28.8 Å². The average molecular weight is 1200 g/mol. The Labute approximate surface area is 483 Å². The van der Waals surface area contributed by atoms with E-state index in [9.17, 15) is 39.3 Å². The molecule has 1 fully saturated rings. The van der Waals surface area contributed by atoms with Crippen LogP contribution in [-0.4, -0.2) is 109 Å². The van der Waals surface area contributed by atoms with Crippen LogP contribution in [0.2, 0.25) is 0 Å². The van der Waals surface area contributed by atoms with Crippen molar-refractivity contribution in [1.29, 1.82) is 0 Å². The summed E-state index contributed by atoms with van der Waals surface area (Å²) in [6.07, 6.45) is -2.80. The third-order valence-corrected chi connectivity index (χ3v) is 19.0. The van der Waals surface area contributed by atoms with Crippen molar-refractivity contribution in [2.24, 2.45) is 17.4 Å². The van der Waals surface area contributed by atoms with Crippen molar-refractivity contribution in [3.63, 3.8) is 0 Å². The lowest BCUT2D eigenvalue weighted by molar-refractivity contribution is -0.134. The van der Waals surface area contributed by atoms with E-state index in [4.69, 9.17) is 31.4 Å². The van der Waals surface area contributed by atoms with Crippen molar-refractivity contribution in [2.45, 2.75) is 63.1 Å². The number of rotatable bonds is 8. The lowest BCUT2D eigenvalue weighted by Gasteiger charge is -2.29. The number of carbonyl (C=O) groups excluding carboxylic acids is 6. The molecule has 11 rings (SSSR count). The maximum Gasteiger partial charge on any atom is 0.271 e. The lowest BCUT2D eigenvalue weighted by atomic mass is 10.00. The first-order chi connectivity index (χ1) is 39.0. The minimum absolute atomic E-state index is 0.00146. The second kappa shape index (κ2) is 22.8. The van der Waals surface area contributed by atoms with Crippen LogP contribution in [0.5, 0.6) is 5.75 Å². The summed E-state index contributed by atoms with van der Waals surface area (Å²) in [7, 11) is 0. The molecule has 0 saturated carbocycles. The molecule has 2 aromatic carbocycles. The van der Waals surface area contributed by atoms with Crippen molar-refractivity contribution in [2.75, 3.05) is 6.54 Å². The van der Waals surface area contributed by atoms with E-state index in [0.717, 1.165) is 34.0 Å². The van der Waals surface area contributed by atoms with Gasteiger partial charge in [0, 0.05) is 56.2 Å². The molecule has 9 aromatic rings. The van der Waals surface area contributed by atoms with E-state index in [2.05, 4.69) is 30.9 Å². The van der Waals surface area contributed by atoms with Gasteiger partial charge in [-0.05, 0) is 42.3 Å². The van der Waals surface area contributed by atoms with Gasteiger partial charge in [0.1, 0.15) is 93.8 Å². The minimum Gasteiger partial charge on any atom is -0.508 e. The summed E-state index contributed by atoms with van der Waals surface area (Å²) in [5.74, 6) is -4.69. The summed E-state index contributed by atoms with van der Waals surface area (Å²) < 4.78 is 0. The van der Waals surface area contributed by atoms with Gasteiger partial charge in [0.2, 0.25) is 11.8 Å². The molecule has 7 aromatic heterocycles. The second-order valence-corrected chi connectivity index (χ2v) is 24.5. The SMILES string of the molecule is Cc1sc2nc1C(=O)N[C@@H]([C@H](O)c1ccccc1)c1nc(cs1)C(=O)N[C@@H](Cc1ccc(O)cc1)C(=O)N1CC(O)[C@H](C)[C@H]1c1nc(cs1)-c1nc(cs1)-c1nc(-c3nc(C(N)=O)cs3)ccc1-c1nc(cs1)C(=O)N[C@H]2CC(N)=O. The minimum atomic E-state index is -1.40. The van der Waals surface area contributed by atoms with Gasteiger partial charge >= 0.3 is 0 Å². The number of aliphatic hydroxyl groups is 2. The molecular weight excluding hydrogens is 1160 g/mol.